The molecule has 4 rings (SSSR count). The molecule has 0 heterocycles. The fraction of sp³-hybridized carbons (Fsp3) is 0.474. The van der Waals surface area contributed by atoms with Crippen LogP contribution in [0.3, 0.4) is 0 Å². The third kappa shape index (κ3) is 2.99. The van der Waals surface area contributed by atoms with Crippen LogP contribution in [-0.4, -0.2) is 29.6 Å². The number of fused-ring (bicyclic) bond motifs is 5. The van der Waals surface area contributed by atoms with Crippen molar-refractivity contribution in [2.45, 2.75) is 25.3 Å². The van der Waals surface area contributed by atoms with Gasteiger partial charge in [-0.15, -0.1) is 0 Å². The molecular weight excluding hydrogens is 334 g/mol. The van der Waals surface area contributed by atoms with E-state index >= 15 is 0 Å². The Bertz CT molecular complexity index is 733. The van der Waals surface area contributed by atoms with Crippen LogP contribution in [0.5, 0.6) is 11.5 Å². The zero-order valence-electron chi connectivity index (χ0n) is 14.2. The van der Waals surface area contributed by atoms with Gasteiger partial charge in [-0.05, 0) is 67.3 Å². The summed E-state index contributed by atoms with van der Waals surface area (Å²) in [6.07, 6.45) is 10.1. The van der Waals surface area contributed by atoms with Crippen molar-refractivity contribution in [1.29, 1.82) is 0 Å². The minimum Gasteiger partial charge on any atom is -0.504 e. The molecule has 3 aliphatic carbocycles. The Morgan fingerprint density at radius 3 is 3.08 bits per heavy atom. The molecule has 5 atom stereocenters. The SMILES string of the molecule is COc1cccc(/C=N/NC(=S)N[C@H]2C[C@@H]3C[C@H]2[C@H]2C=CC[C@H]32)c1O. The average Bonchev–Trinajstić information content (AvgIpc) is 3.29. The highest BCUT2D eigenvalue weighted by Gasteiger charge is 2.52. The Hall–Kier alpha value is -2.08. The summed E-state index contributed by atoms with van der Waals surface area (Å²) in [5.41, 5.74) is 3.44. The highest BCUT2D eigenvalue weighted by molar-refractivity contribution is 7.80. The first-order valence-corrected chi connectivity index (χ1v) is 9.20. The maximum Gasteiger partial charge on any atom is 0.187 e. The molecule has 1 aromatic rings. The molecule has 6 heteroatoms. The molecule has 2 bridgehead atoms. The summed E-state index contributed by atoms with van der Waals surface area (Å²) in [5.74, 6) is 3.63. The van der Waals surface area contributed by atoms with E-state index in [-0.39, 0.29) is 5.75 Å². The fourth-order valence-electron chi connectivity index (χ4n) is 4.88. The largest absolute Gasteiger partial charge is 0.504 e. The van der Waals surface area contributed by atoms with Gasteiger partial charge in [-0.25, -0.2) is 0 Å². The number of hydrogen-bond donors (Lipinski definition) is 3. The summed E-state index contributed by atoms with van der Waals surface area (Å²) in [4.78, 5) is 0. The van der Waals surface area contributed by atoms with Gasteiger partial charge in [0.15, 0.2) is 16.6 Å². The van der Waals surface area contributed by atoms with Crippen molar-refractivity contribution < 1.29 is 9.84 Å². The molecule has 2 saturated carbocycles. The van der Waals surface area contributed by atoms with Gasteiger partial charge < -0.3 is 15.2 Å². The number of methoxy groups -OCH3 is 1. The van der Waals surface area contributed by atoms with Crippen molar-refractivity contribution >= 4 is 23.5 Å². The molecule has 1 aromatic carbocycles. The molecule has 2 fully saturated rings. The average molecular weight is 357 g/mol. The van der Waals surface area contributed by atoms with Crippen molar-refractivity contribution in [3.63, 3.8) is 0 Å². The van der Waals surface area contributed by atoms with Gasteiger partial charge in [0, 0.05) is 11.6 Å². The van der Waals surface area contributed by atoms with Gasteiger partial charge >= 0.3 is 0 Å². The zero-order valence-corrected chi connectivity index (χ0v) is 15.0. The van der Waals surface area contributed by atoms with Crippen molar-refractivity contribution in [3.8, 4) is 11.5 Å². The normalized spacial score (nSPS) is 32.1. The van der Waals surface area contributed by atoms with Crippen LogP contribution in [0, 0.1) is 23.7 Å². The minimum atomic E-state index is 0.0709. The van der Waals surface area contributed by atoms with Crippen molar-refractivity contribution in [3.05, 3.63) is 35.9 Å². The van der Waals surface area contributed by atoms with Crippen LogP contribution in [-0.2, 0) is 0 Å². The van der Waals surface area contributed by atoms with Gasteiger partial charge in [0.25, 0.3) is 0 Å². The van der Waals surface area contributed by atoms with Crippen molar-refractivity contribution in [1.82, 2.24) is 10.7 Å². The minimum absolute atomic E-state index is 0.0709. The van der Waals surface area contributed by atoms with Crippen LogP contribution >= 0.6 is 12.2 Å². The van der Waals surface area contributed by atoms with E-state index in [1.54, 1.807) is 24.4 Å². The lowest BCUT2D eigenvalue weighted by Gasteiger charge is -2.32. The van der Waals surface area contributed by atoms with Gasteiger partial charge in [-0.1, -0.05) is 18.2 Å². The number of rotatable bonds is 4. The molecule has 0 saturated heterocycles. The number of thiocarbonyl (C=S) groups is 1. The summed E-state index contributed by atoms with van der Waals surface area (Å²) in [6.45, 7) is 0. The molecule has 3 N–H and O–H groups in total. The van der Waals surface area contributed by atoms with E-state index in [0.717, 1.165) is 17.8 Å². The van der Waals surface area contributed by atoms with E-state index in [2.05, 4.69) is 28.0 Å². The summed E-state index contributed by atoms with van der Waals surface area (Å²) in [5, 5.41) is 18.2. The van der Waals surface area contributed by atoms with Gasteiger partial charge in [-0.2, -0.15) is 5.10 Å². The standard InChI is InChI=1S/C19H23N3O2S/c1-24-17-7-2-4-11(18(17)23)10-20-22-19(25)21-16-9-12-8-15(16)14-6-3-5-13(12)14/h2-4,6-7,10,12-16,23H,5,8-9H2,1H3,(H2,21,22,25)/b20-10+/t12-,13+,14-,15-,16-/m0/s1. The molecule has 0 unspecified atom stereocenters. The number of phenols is 1. The lowest BCUT2D eigenvalue weighted by atomic mass is 9.79. The van der Waals surface area contributed by atoms with Crippen LogP contribution in [0.2, 0.25) is 0 Å². The number of allylic oxidation sites excluding steroid dienone is 2. The molecule has 3 aliphatic rings. The second-order valence-corrected chi connectivity index (χ2v) is 7.56. The first-order valence-electron chi connectivity index (χ1n) is 8.79. The molecule has 0 aromatic heterocycles. The highest BCUT2D eigenvalue weighted by atomic mass is 32.1. The number of hydrazone groups is 1. The first-order chi connectivity index (χ1) is 12.2. The lowest BCUT2D eigenvalue weighted by molar-refractivity contribution is 0.246. The molecule has 25 heavy (non-hydrogen) atoms. The molecule has 0 spiro atoms. The second kappa shape index (κ2) is 6.67. The second-order valence-electron chi connectivity index (χ2n) is 7.15. The van der Waals surface area contributed by atoms with E-state index in [1.807, 2.05) is 0 Å². The first kappa shape index (κ1) is 16.4. The number of ether oxygens (including phenoxy) is 1. The van der Waals surface area contributed by atoms with Crippen LogP contribution < -0.4 is 15.5 Å². The monoisotopic (exact) mass is 357 g/mol. The van der Waals surface area contributed by atoms with Crippen LogP contribution in [0.25, 0.3) is 0 Å². The topological polar surface area (TPSA) is 65.9 Å². The third-order valence-electron chi connectivity index (χ3n) is 5.95. The molecule has 5 nitrogen and oxygen atoms in total. The predicted molar refractivity (Wildman–Crippen MR) is 102 cm³/mol. The Labute approximate surface area is 153 Å². The van der Waals surface area contributed by atoms with Crippen molar-refractivity contribution in [2.24, 2.45) is 28.8 Å². The quantitative estimate of drug-likeness (QED) is 0.335. The third-order valence-corrected chi connectivity index (χ3v) is 6.15. The summed E-state index contributed by atoms with van der Waals surface area (Å²) < 4.78 is 5.09. The van der Waals surface area contributed by atoms with Gasteiger partial charge in [0.2, 0.25) is 0 Å². The number of nitrogens with zero attached hydrogens (tertiary/aromatic N) is 1. The Morgan fingerprint density at radius 2 is 2.24 bits per heavy atom. The predicted octanol–water partition coefficient (Wildman–Crippen LogP) is 2.80. The number of nitrogens with one attached hydrogen (secondary N) is 2. The van der Waals surface area contributed by atoms with E-state index in [4.69, 9.17) is 17.0 Å². The molecular formula is C19H23N3O2S. The van der Waals surface area contributed by atoms with Crippen molar-refractivity contribution in [2.75, 3.05) is 7.11 Å². The lowest BCUT2D eigenvalue weighted by Crippen LogP contribution is -2.45. The van der Waals surface area contributed by atoms with E-state index in [9.17, 15) is 5.11 Å². The van der Waals surface area contributed by atoms with Crippen LogP contribution in [0.4, 0.5) is 0 Å². The van der Waals surface area contributed by atoms with Gasteiger partial charge in [-0.3, -0.25) is 5.43 Å². The maximum absolute atomic E-state index is 10.0. The van der Waals surface area contributed by atoms with Gasteiger partial charge in [0.05, 0.1) is 13.3 Å². The number of phenolic OH excluding ortho intramolecular Hbond substituents is 1. The zero-order chi connectivity index (χ0) is 17.4. The van der Waals surface area contributed by atoms with Gasteiger partial charge in [0.1, 0.15) is 0 Å². The Balaban J connectivity index is 1.32. The summed E-state index contributed by atoms with van der Waals surface area (Å²) >= 11 is 5.38. The Kier molecular flexibility index (Phi) is 4.37. The summed E-state index contributed by atoms with van der Waals surface area (Å²) in [6, 6.07) is 5.71. The van der Waals surface area contributed by atoms with Crippen LogP contribution in [0.15, 0.2) is 35.5 Å². The van der Waals surface area contributed by atoms with Crippen LogP contribution in [0.1, 0.15) is 24.8 Å². The molecule has 0 radical (unpaired) electrons. The molecule has 0 amide bonds. The fourth-order valence-corrected chi connectivity index (χ4v) is 5.08. The number of hydrogen-bond acceptors (Lipinski definition) is 4. The highest BCUT2D eigenvalue weighted by Crippen LogP contribution is 2.56. The number of benzene rings is 1. The van der Waals surface area contributed by atoms with E-state index in [1.165, 1.54) is 26.4 Å². The maximum atomic E-state index is 10.0. The smallest absolute Gasteiger partial charge is 0.187 e. The Morgan fingerprint density at radius 1 is 1.36 bits per heavy atom. The number of para-hydroxylation sites is 1. The van der Waals surface area contributed by atoms with E-state index in [0.29, 0.717) is 28.4 Å². The molecule has 132 valence electrons. The summed E-state index contributed by atoms with van der Waals surface area (Å²) in [7, 11) is 1.52. The molecule has 0 aliphatic heterocycles. The number of aromatic hydroxyl groups is 1. The van der Waals surface area contributed by atoms with E-state index < -0.39 is 0 Å².